The average molecular weight is 546 g/mol. The van der Waals surface area contributed by atoms with Crippen LogP contribution in [0.4, 0.5) is 18.9 Å². The first-order valence-electron chi connectivity index (χ1n) is 11.7. The van der Waals surface area contributed by atoms with Crippen LogP contribution < -0.4 is 14.4 Å². The molecule has 2 aromatic carbocycles. The summed E-state index contributed by atoms with van der Waals surface area (Å²) >= 11 is 6.10. The van der Waals surface area contributed by atoms with Crippen LogP contribution in [0.5, 0.6) is 11.5 Å². The molecule has 12 heteroatoms. The molecule has 0 unspecified atom stereocenters. The first-order valence-corrected chi connectivity index (χ1v) is 12.1. The molecule has 5 rings (SSSR count). The van der Waals surface area contributed by atoms with Crippen LogP contribution in [-0.2, 0) is 6.18 Å². The van der Waals surface area contributed by atoms with Gasteiger partial charge < -0.3 is 19.3 Å². The Bertz CT molecular complexity index is 1500. The Balaban J connectivity index is 1.49. The lowest BCUT2D eigenvalue weighted by molar-refractivity contribution is -0.142. The van der Waals surface area contributed by atoms with E-state index in [2.05, 4.69) is 15.0 Å². The van der Waals surface area contributed by atoms with Crippen molar-refractivity contribution in [3.05, 3.63) is 71.0 Å². The molecule has 198 valence electrons. The number of methoxy groups -OCH3 is 2. The SMILES string of the molecule is COc1ccc(-c2cc(C(F)(F)F)n3ncc(C(=O)N4CCN(c5cccc(Cl)c5)CC4)c3n2)cc1OC. The second kappa shape index (κ2) is 10.1. The van der Waals surface area contributed by atoms with Gasteiger partial charge in [-0.15, -0.1) is 0 Å². The minimum absolute atomic E-state index is 0.00553. The molecule has 0 radical (unpaired) electrons. The highest BCUT2D eigenvalue weighted by molar-refractivity contribution is 6.30. The number of hydrogen-bond acceptors (Lipinski definition) is 6. The highest BCUT2D eigenvalue weighted by Gasteiger charge is 2.36. The average Bonchev–Trinajstić information content (AvgIpc) is 3.35. The molecule has 1 amide bonds. The van der Waals surface area contributed by atoms with E-state index in [-0.39, 0.29) is 16.9 Å². The van der Waals surface area contributed by atoms with Crippen LogP contribution in [-0.4, -0.2) is 65.8 Å². The molecule has 38 heavy (non-hydrogen) atoms. The Morgan fingerprint density at radius 1 is 0.974 bits per heavy atom. The molecular weight excluding hydrogens is 523 g/mol. The van der Waals surface area contributed by atoms with E-state index in [0.717, 1.165) is 18.0 Å². The number of nitrogens with zero attached hydrogens (tertiary/aromatic N) is 5. The van der Waals surface area contributed by atoms with Crippen LogP contribution in [0.15, 0.2) is 54.7 Å². The Labute approximate surface area is 221 Å². The summed E-state index contributed by atoms with van der Waals surface area (Å²) in [5.74, 6) is 0.323. The van der Waals surface area contributed by atoms with Crippen molar-refractivity contribution in [3.8, 4) is 22.8 Å². The fourth-order valence-electron chi connectivity index (χ4n) is 4.47. The van der Waals surface area contributed by atoms with E-state index < -0.39 is 17.8 Å². The number of carbonyl (C=O) groups excluding carboxylic acids is 1. The molecule has 1 aliphatic rings. The minimum Gasteiger partial charge on any atom is -0.493 e. The Hall–Kier alpha value is -3.99. The predicted octanol–water partition coefficient (Wildman–Crippen LogP) is 5.05. The Kier molecular flexibility index (Phi) is 6.78. The molecule has 1 aliphatic heterocycles. The summed E-state index contributed by atoms with van der Waals surface area (Å²) in [4.78, 5) is 21.6. The summed E-state index contributed by atoms with van der Waals surface area (Å²) in [6.45, 7) is 1.85. The maximum Gasteiger partial charge on any atom is 0.433 e. The first kappa shape index (κ1) is 25.7. The van der Waals surface area contributed by atoms with Crippen molar-refractivity contribution in [1.82, 2.24) is 19.5 Å². The monoisotopic (exact) mass is 545 g/mol. The normalized spacial score (nSPS) is 14.2. The number of benzene rings is 2. The molecule has 4 aromatic rings. The van der Waals surface area contributed by atoms with Gasteiger partial charge in [0.05, 0.1) is 26.1 Å². The van der Waals surface area contributed by atoms with Crippen LogP contribution in [0.2, 0.25) is 5.02 Å². The molecule has 0 N–H and O–H groups in total. The maximum atomic E-state index is 14.0. The van der Waals surface area contributed by atoms with Crippen molar-refractivity contribution in [2.24, 2.45) is 0 Å². The number of piperazine rings is 1. The van der Waals surface area contributed by atoms with E-state index >= 15 is 0 Å². The van der Waals surface area contributed by atoms with Crippen molar-refractivity contribution >= 4 is 28.8 Å². The molecular formula is C26H23ClF3N5O3. The highest BCUT2D eigenvalue weighted by atomic mass is 35.5. The van der Waals surface area contributed by atoms with Gasteiger partial charge in [0.1, 0.15) is 5.56 Å². The number of hydrogen-bond donors (Lipinski definition) is 0. The number of rotatable bonds is 5. The molecule has 8 nitrogen and oxygen atoms in total. The number of carbonyl (C=O) groups is 1. The highest BCUT2D eigenvalue weighted by Crippen LogP contribution is 2.36. The fraction of sp³-hybridized carbons (Fsp3) is 0.269. The smallest absolute Gasteiger partial charge is 0.433 e. The number of amides is 1. The molecule has 0 atom stereocenters. The fourth-order valence-corrected chi connectivity index (χ4v) is 4.65. The number of anilines is 1. The molecule has 0 aliphatic carbocycles. The quantitative estimate of drug-likeness (QED) is 0.350. The number of ether oxygens (including phenoxy) is 2. The standard InChI is InChI=1S/C26H23ClF3N5O3/c1-37-21-7-6-16(12-22(21)38-2)20-14-23(26(28,29)30)35-24(32-20)19(15-31-35)25(36)34-10-8-33(9-11-34)18-5-3-4-17(27)13-18/h3-7,12-15H,8-11H2,1-2H3. The van der Waals surface area contributed by atoms with E-state index in [1.165, 1.54) is 20.3 Å². The van der Waals surface area contributed by atoms with E-state index in [4.69, 9.17) is 21.1 Å². The summed E-state index contributed by atoms with van der Waals surface area (Å²) < 4.78 is 53.3. The summed E-state index contributed by atoms with van der Waals surface area (Å²) in [5.41, 5.74) is 0.103. The van der Waals surface area contributed by atoms with E-state index in [1.807, 2.05) is 18.2 Å². The van der Waals surface area contributed by atoms with Crippen LogP contribution >= 0.6 is 11.6 Å². The number of aromatic nitrogens is 3. The van der Waals surface area contributed by atoms with Crippen molar-refractivity contribution in [2.45, 2.75) is 6.18 Å². The number of halogens is 4. The zero-order valence-corrected chi connectivity index (χ0v) is 21.3. The third kappa shape index (κ3) is 4.81. The summed E-state index contributed by atoms with van der Waals surface area (Å²) in [6, 6.07) is 13.0. The van der Waals surface area contributed by atoms with Crippen LogP contribution in [0.3, 0.4) is 0 Å². The topological polar surface area (TPSA) is 72.2 Å². The Morgan fingerprint density at radius 2 is 1.71 bits per heavy atom. The molecule has 1 fully saturated rings. The zero-order chi connectivity index (χ0) is 27.0. The second-order valence-electron chi connectivity index (χ2n) is 8.65. The molecule has 1 saturated heterocycles. The molecule has 0 bridgehead atoms. The summed E-state index contributed by atoms with van der Waals surface area (Å²) in [6.07, 6.45) is -3.59. The second-order valence-corrected chi connectivity index (χ2v) is 9.08. The zero-order valence-electron chi connectivity index (χ0n) is 20.5. The largest absolute Gasteiger partial charge is 0.493 e. The van der Waals surface area contributed by atoms with E-state index in [1.54, 1.807) is 23.1 Å². The van der Waals surface area contributed by atoms with Gasteiger partial charge in [0.25, 0.3) is 5.91 Å². The van der Waals surface area contributed by atoms with Gasteiger partial charge in [-0.2, -0.15) is 18.3 Å². The van der Waals surface area contributed by atoms with Crippen molar-refractivity contribution in [2.75, 3.05) is 45.3 Å². The molecule has 0 saturated carbocycles. The van der Waals surface area contributed by atoms with E-state index in [9.17, 15) is 18.0 Å². The van der Waals surface area contributed by atoms with Crippen molar-refractivity contribution < 1.29 is 27.4 Å². The maximum absolute atomic E-state index is 14.0. The predicted molar refractivity (Wildman–Crippen MR) is 136 cm³/mol. The van der Waals surface area contributed by atoms with Crippen LogP contribution in [0.1, 0.15) is 16.1 Å². The van der Waals surface area contributed by atoms with Gasteiger partial charge in [0, 0.05) is 42.5 Å². The van der Waals surface area contributed by atoms with Gasteiger partial charge in [-0.05, 0) is 42.5 Å². The van der Waals surface area contributed by atoms with Gasteiger partial charge in [-0.25, -0.2) is 9.50 Å². The molecule has 2 aromatic heterocycles. The van der Waals surface area contributed by atoms with E-state index in [0.29, 0.717) is 52.8 Å². The van der Waals surface area contributed by atoms with Gasteiger partial charge in [-0.3, -0.25) is 4.79 Å². The van der Waals surface area contributed by atoms with Gasteiger partial charge in [-0.1, -0.05) is 17.7 Å². The van der Waals surface area contributed by atoms with Crippen LogP contribution in [0, 0.1) is 0 Å². The van der Waals surface area contributed by atoms with Crippen molar-refractivity contribution in [3.63, 3.8) is 0 Å². The van der Waals surface area contributed by atoms with Gasteiger partial charge in [0.2, 0.25) is 0 Å². The Morgan fingerprint density at radius 3 is 2.37 bits per heavy atom. The minimum atomic E-state index is -4.73. The summed E-state index contributed by atoms with van der Waals surface area (Å²) in [5, 5.41) is 4.50. The lowest BCUT2D eigenvalue weighted by atomic mass is 10.1. The molecule has 0 spiro atoms. The number of alkyl halides is 3. The first-order chi connectivity index (χ1) is 18.2. The van der Waals surface area contributed by atoms with Crippen LogP contribution in [0.25, 0.3) is 16.9 Å². The lowest BCUT2D eigenvalue weighted by Crippen LogP contribution is -2.48. The van der Waals surface area contributed by atoms with Crippen molar-refractivity contribution in [1.29, 1.82) is 0 Å². The molecule has 3 heterocycles. The van der Waals surface area contributed by atoms with Gasteiger partial charge in [0.15, 0.2) is 22.8 Å². The van der Waals surface area contributed by atoms with Gasteiger partial charge >= 0.3 is 6.18 Å². The lowest BCUT2D eigenvalue weighted by Gasteiger charge is -2.36. The summed E-state index contributed by atoms with van der Waals surface area (Å²) in [7, 11) is 2.89. The third-order valence-corrected chi connectivity index (χ3v) is 6.65. The number of fused-ring (bicyclic) bond motifs is 1. The third-order valence-electron chi connectivity index (χ3n) is 6.41.